The number of thioether (sulfide) groups is 1. The highest BCUT2D eigenvalue weighted by Crippen LogP contribution is 2.28. The van der Waals surface area contributed by atoms with E-state index in [1.165, 1.54) is 24.3 Å². The number of rotatable bonds is 6. The van der Waals surface area contributed by atoms with Crippen molar-refractivity contribution in [2.75, 3.05) is 13.4 Å². The number of hydrogen-bond acceptors (Lipinski definition) is 5. The van der Waals surface area contributed by atoms with Crippen LogP contribution >= 0.6 is 11.8 Å². The lowest BCUT2D eigenvalue weighted by Crippen LogP contribution is -1.96. The molecular formula is C17H15NO4S. The normalized spacial score (nSPS) is 10.7. The third kappa shape index (κ3) is 4.20. The van der Waals surface area contributed by atoms with E-state index in [1.54, 1.807) is 31.0 Å². The first-order chi connectivity index (χ1) is 11.0. The highest BCUT2D eigenvalue weighted by Gasteiger charge is 2.09. The molecule has 0 saturated heterocycles. The van der Waals surface area contributed by atoms with Gasteiger partial charge >= 0.3 is 0 Å². The van der Waals surface area contributed by atoms with Crippen molar-refractivity contribution in [2.45, 2.75) is 4.90 Å². The van der Waals surface area contributed by atoms with E-state index in [4.69, 9.17) is 4.74 Å². The molecule has 0 amide bonds. The molecule has 6 heteroatoms. The number of ketones is 1. The van der Waals surface area contributed by atoms with Crippen LogP contribution in [0.15, 0.2) is 53.4 Å². The second-order valence-electron chi connectivity index (χ2n) is 4.62. The van der Waals surface area contributed by atoms with Gasteiger partial charge in [0.1, 0.15) is 5.75 Å². The van der Waals surface area contributed by atoms with Crippen LogP contribution in [-0.4, -0.2) is 24.1 Å². The van der Waals surface area contributed by atoms with Crippen molar-refractivity contribution in [1.29, 1.82) is 0 Å². The zero-order valence-electron chi connectivity index (χ0n) is 12.7. The van der Waals surface area contributed by atoms with Crippen LogP contribution in [0.3, 0.4) is 0 Å². The van der Waals surface area contributed by atoms with Gasteiger partial charge in [-0.25, -0.2) is 0 Å². The molecule has 118 valence electrons. The van der Waals surface area contributed by atoms with Gasteiger partial charge in [0.05, 0.1) is 12.0 Å². The van der Waals surface area contributed by atoms with E-state index in [2.05, 4.69) is 0 Å². The van der Waals surface area contributed by atoms with Crippen LogP contribution in [-0.2, 0) is 0 Å². The maximum Gasteiger partial charge on any atom is 0.270 e. The number of ether oxygens (including phenoxy) is 1. The molecule has 5 nitrogen and oxygen atoms in total. The maximum absolute atomic E-state index is 12.1. The Morgan fingerprint density at radius 3 is 2.70 bits per heavy atom. The van der Waals surface area contributed by atoms with Crippen molar-refractivity contribution in [1.82, 2.24) is 0 Å². The summed E-state index contributed by atoms with van der Waals surface area (Å²) in [5.41, 5.74) is 0.997. The number of nitrogens with zero attached hydrogens (tertiary/aromatic N) is 1. The highest BCUT2D eigenvalue weighted by atomic mass is 32.2. The molecule has 0 fully saturated rings. The van der Waals surface area contributed by atoms with Gasteiger partial charge in [-0.2, -0.15) is 0 Å². The van der Waals surface area contributed by atoms with Crippen molar-refractivity contribution in [2.24, 2.45) is 0 Å². The van der Waals surface area contributed by atoms with E-state index < -0.39 is 4.92 Å². The summed E-state index contributed by atoms with van der Waals surface area (Å²) in [6, 6.07) is 11.3. The van der Waals surface area contributed by atoms with Gasteiger partial charge < -0.3 is 4.74 Å². The summed E-state index contributed by atoms with van der Waals surface area (Å²) in [4.78, 5) is 23.4. The third-order valence-electron chi connectivity index (χ3n) is 3.18. The summed E-state index contributed by atoms with van der Waals surface area (Å²) in [7, 11) is 1.59. The molecule has 0 spiro atoms. The Bertz CT molecular complexity index is 771. The van der Waals surface area contributed by atoms with Crippen LogP contribution in [0.2, 0.25) is 0 Å². The molecule has 0 atom stereocenters. The predicted molar refractivity (Wildman–Crippen MR) is 91.2 cm³/mol. The van der Waals surface area contributed by atoms with Gasteiger partial charge in [0.2, 0.25) is 0 Å². The number of methoxy groups -OCH3 is 1. The average molecular weight is 329 g/mol. The fourth-order valence-corrected chi connectivity index (χ4v) is 2.54. The highest BCUT2D eigenvalue weighted by molar-refractivity contribution is 7.98. The molecular weight excluding hydrogens is 314 g/mol. The maximum atomic E-state index is 12.1. The van der Waals surface area contributed by atoms with E-state index in [0.29, 0.717) is 0 Å². The average Bonchev–Trinajstić information content (AvgIpc) is 2.59. The van der Waals surface area contributed by atoms with Gasteiger partial charge in [0.25, 0.3) is 5.69 Å². The number of benzene rings is 2. The molecule has 0 N–H and O–H groups in total. The standard InChI is InChI=1S/C17H15NO4S/c1-22-16-10-12(7-9-17(16)23-2)6-8-15(19)13-4-3-5-14(11-13)18(20)21/h3-11H,1-2H3. The molecule has 0 aliphatic heterocycles. The van der Waals surface area contributed by atoms with E-state index in [-0.39, 0.29) is 17.0 Å². The number of allylic oxidation sites excluding steroid dienone is 1. The summed E-state index contributed by atoms with van der Waals surface area (Å²) < 4.78 is 5.30. The minimum atomic E-state index is -0.521. The second-order valence-corrected chi connectivity index (χ2v) is 5.47. The first-order valence-corrected chi connectivity index (χ1v) is 7.96. The summed E-state index contributed by atoms with van der Waals surface area (Å²) in [5.74, 6) is 0.448. The largest absolute Gasteiger partial charge is 0.496 e. The monoisotopic (exact) mass is 329 g/mol. The number of nitro groups is 1. The van der Waals surface area contributed by atoms with Gasteiger partial charge in [0, 0.05) is 22.6 Å². The number of nitro benzene ring substituents is 1. The summed E-state index contributed by atoms with van der Waals surface area (Å²) >= 11 is 1.57. The molecule has 0 aromatic heterocycles. The zero-order chi connectivity index (χ0) is 16.8. The van der Waals surface area contributed by atoms with Crippen molar-refractivity contribution < 1.29 is 14.5 Å². The molecule has 2 rings (SSSR count). The van der Waals surface area contributed by atoms with E-state index in [0.717, 1.165) is 16.2 Å². The van der Waals surface area contributed by atoms with Gasteiger partial charge in [-0.3, -0.25) is 14.9 Å². The van der Waals surface area contributed by atoms with E-state index in [9.17, 15) is 14.9 Å². The Balaban J connectivity index is 2.21. The first-order valence-electron chi connectivity index (χ1n) is 6.74. The lowest BCUT2D eigenvalue weighted by Gasteiger charge is -2.06. The van der Waals surface area contributed by atoms with E-state index in [1.807, 2.05) is 24.5 Å². The van der Waals surface area contributed by atoms with Crippen molar-refractivity contribution in [3.05, 3.63) is 69.8 Å². The van der Waals surface area contributed by atoms with Gasteiger partial charge in [0.15, 0.2) is 5.78 Å². The topological polar surface area (TPSA) is 69.4 Å². The number of carbonyl (C=O) groups is 1. The molecule has 0 radical (unpaired) electrons. The first kappa shape index (κ1) is 16.8. The SMILES string of the molecule is COc1cc(C=CC(=O)c2cccc([N+](=O)[O-])c2)ccc1SC. The number of carbonyl (C=O) groups excluding carboxylic acids is 1. The van der Waals surface area contributed by atoms with Crippen molar-refractivity contribution in [3.8, 4) is 5.75 Å². The molecule has 0 aliphatic carbocycles. The van der Waals surface area contributed by atoms with Crippen LogP contribution in [0.4, 0.5) is 5.69 Å². The third-order valence-corrected chi connectivity index (χ3v) is 3.95. The van der Waals surface area contributed by atoms with E-state index >= 15 is 0 Å². The van der Waals surface area contributed by atoms with Crippen LogP contribution in [0.25, 0.3) is 6.08 Å². The van der Waals surface area contributed by atoms with Gasteiger partial charge in [-0.05, 0) is 30.0 Å². The molecule has 2 aromatic carbocycles. The fraction of sp³-hybridized carbons (Fsp3) is 0.118. The summed E-state index contributed by atoms with van der Waals surface area (Å²) in [5, 5.41) is 10.7. The molecule has 0 aliphatic rings. The molecule has 0 heterocycles. The molecule has 23 heavy (non-hydrogen) atoms. The Hall–Kier alpha value is -2.60. The fourth-order valence-electron chi connectivity index (χ4n) is 2.00. The summed E-state index contributed by atoms with van der Waals surface area (Å²) in [6.45, 7) is 0. The minimum absolute atomic E-state index is 0.102. The number of non-ortho nitro benzene ring substituents is 1. The minimum Gasteiger partial charge on any atom is -0.496 e. The molecule has 0 unspecified atom stereocenters. The molecule has 2 aromatic rings. The number of hydrogen-bond donors (Lipinski definition) is 0. The Kier molecular flexibility index (Phi) is 5.54. The molecule has 0 bridgehead atoms. The quantitative estimate of drug-likeness (QED) is 0.261. The van der Waals surface area contributed by atoms with Crippen LogP contribution in [0.5, 0.6) is 5.75 Å². The molecule has 0 saturated carbocycles. The van der Waals surface area contributed by atoms with Crippen molar-refractivity contribution in [3.63, 3.8) is 0 Å². The smallest absolute Gasteiger partial charge is 0.270 e. The lowest BCUT2D eigenvalue weighted by molar-refractivity contribution is -0.384. The zero-order valence-corrected chi connectivity index (χ0v) is 13.5. The summed E-state index contributed by atoms with van der Waals surface area (Å²) in [6.07, 6.45) is 5.01. The van der Waals surface area contributed by atoms with Crippen LogP contribution in [0.1, 0.15) is 15.9 Å². The van der Waals surface area contributed by atoms with Crippen molar-refractivity contribution >= 4 is 29.3 Å². The Labute approximate surface area is 138 Å². The predicted octanol–water partition coefficient (Wildman–Crippen LogP) is 4.22. The van der Waals surface area contributed by atoms with Crippen LogP contribution in [0, 0.1) is 10.1 Å². The Morgan fingerprint density at radius 2 is 2.04 bits per heavy atom. The van der Waals surface area contributed by atoms with Gasteiger partial charge in [-0.15, -0.1) is 11.8 Å². The van der Waals surface area contributed by atoms with Crippen LogP contribution < -0.4 is 4.74 Å². The lowest BCUT2D eigenvalue weighted by atomic mass is 10.1. The second kappa shape index (κ2) is 7.60. The Morgan fingerprint density at radius 1 is 1.26 bits per heavy atom. The van der Waals surface area contributed by atoms with Gasteiger partial charge in [-0.1, -0.05) is 24.3 Å².